The quantitative estimate of drug-likeness (QED) is 0.326. The number of hydrogen-bond donors (Lipinski definition) is 5. The molecule has 1 aromatic carbocycles. The standard InChI is InChI=1S/C18H14N8O2/c19-5-11-14(21)13-15(24-18(23-7-20)26-17(13)25-16(11)22)8-1-2-12-9(3-8)4-10(6-27)28-12/h1-4,15,27H,6H2,(H6,21,22,23,24,25,26). The molecule has 1 unspecified atom stereocenters. The number of nitrogen functional groups attached to an aromatic ring is 2. The minimum Gasteiger partial charge on any atom is -0.459 e. The number of aliphatic imine (C=N–C) groups is 1. The van der Waals surface area contributed by atoms with Gasteiger partial charge in [0.1, 0.15) is 47.3 Å². The van der Waals surface area contributed by atoms with Crippen LogP contribution < -0.4 is 22.1 Å². The van der Waals surface area contributed by atoms with E-state index in [0.717, 1.165) is 10.9 Å². The van der Waals surface area contributed by atoms with Crippen LogP contribution in [0.2, 0.25) is 0 Å². The van der Waals surface area contributed by atoms with Crippen molar-refractivity contribution < 1.29 is 9.52 Å². The topological polar surface area (TPSA) is 182 Å². The summed E-state index contributed by atoms with van der Waals surface area (Å²) in [6.45, 7) is -0.212. The van der Waals surface area contributed by atoms with Crippen molar-refractivity contribution in [2.45, 2.75) is 12.6 Å². The Bertz CT molecular complexity index is 1220. The first-order valence-electron chi connectivity index (χ1n) is 8.17. The van der Waals surface area contributed by atoms with Crippen LogP contribution in [0.4, 0.5) is 17.3 Å². The van der Waals surface area contributed by atoms with Crippen LogP contribution in [0, 0.1) is 22.8 Å². The zero-order valence-corrected chi connectivity index (χ0v) is 14.4. The molecule has 3 aromatic rings. The molecule has 10 heteroatoms. The predicted octanol–water partition coefficient (Wildman–Crippen LogP) is 1.30. The SMILES string of the molecule is N#CNC1=NC(c2ccc3oc(CO)cc3c2)c2c(nc(N)c(C#N)c2N)N1. The van der Waals surface area contributed by atoms with Crippen molar-refractivity contribution >= 4 is 34.3 Å². The number of aliphatic hydroxyl groups is 1. The Balaban J connectivity index is 1.93. The van der Waals surface area contributed by atoms with Crippen molar-refractivity contribution in [3.8, 4) is 12.3 Å². The number of fused-ring (bicyclic) bond motifs is 2. The maximum Gasteiger partial charge on any atom is 0.211 e. The van der Waals surface area contributed by atoms with Gasteiger partial charge in [0.2, 0.25) is 5.96 Å². The fourth-order valence-electron chi connectivity index (χ4n) is 3.19. The van der Waals surface area contributed by atoms with Gasteiger partial charge in [0.15, 0.2) is 6.19 Å². The molecule has 0 saturated carbocycles. The average molecular weight is 374 g/mol. The summed E-state index contributed by atoms with van der Waals surface area (Å²) in [5.74, 6) is 0.921. The largest absolute Gasteiger partial charge is 0.459 e. The van der Waals surface area contributed by atoms with E-state index in [1.807, 2.05) is 12.1 Å². The van der Waals surface area contributed by atoms with E-state index < -0.39 is 6.04 Å². The van der Waals surface area contributed by atoms with Crippen molar-refractivity contribution in [2.75, 3.05) is 16.8 Å². The molecule has 7 N–H and O–H groups in total. The second-order valence-corrected chi connectivity index (χ2v) is 6.07. The zero-order chi connectivity index (χ0) is 19.8. The lowest BCUT2D eigenvalue weighted by molar-refractivity contribution is 0.251. The fourth-order valence-corrected chi connectivity index (χ4v) is 3.19. The van der Waals surface area contributed by atoms with Gasteiger partial charge in [-0.15, -0.1) is 0 Å². The van der Waals surface area contributed by atoms with Gasteiger partial charge in [0.25, 0.3) is 0 Å². The molecule has 0 aliphatic carbocycles. The van der Waals surface area contributed by atoms with Gasteiger partial charge in [-0.25, -0.2) is 9.98 Å². The molecule has 1 aliphatic rings. The van der Waals surface area contributed by atoms with Crippen LogP contribution in [0.25, 0.3) is 11.0 Å². The minimum atomic E-state index is -0.635. The molecule has 2 aromatic heterocycles. The van der Waals surface area contributed by atoms with Gasteiger partial charge in [0, 0.05) is 10.9 Å². The van der Waals surface area contributed by atoms with E-state index in [1.165, 1.54) is 0 Å². The second-order valence-electron chi connectivity index (χ2n) is 6.07. The van der Waals surface area contributed by atoms with Crippen molar-refractivity contribution in [1.29, 1.82) is 10.5 Å². The summed E-state index contributed by atoms with van der Waals surface area (Å²) < 4.78 is 5.51. The molecule has 4 rings (SSSR count). The molecule has 0 fully saturated rings. The maximum atomic E-state index is 9.37. The van der Waals surface area contributed by atoms with Gasteiger partial charge in [-0.05, 0) is 23.8 Å². The monoisotopic (exact) mass is 374 g/mol. The first kappa shape index (κ1) is 17.1. The molecule has 138 valence electrons. The molecule has 1 aliphatic heterocycles. The van der Waals surface area contributed by atoms with Gasteiger partial charge < -0.3 is 26.3 Å². The first-order valence-corrected chi connectivity index (χ1v) is 8.17. The van der Waals surface area contributed by atoms with E-state index in [0.29, 0.717) is 22.7 Å². The highest BCUT2D eigenvalue weighted by atomic mass is 16.4. The van der Waals surface area contributed by atoms with E-state index in [2.05, 4.69) is 20.6 Å². The number of benzene rings is 1. The van der Waals surface area contributed by atoms with Crippen LogP contribution in [0.5, 0.6) is 0 Å². The summed E-state index contributed by atoms with van der Waals surface area (Å²) in [5.41, 5.74) is 14.1. The van der Waals surface area contributed by atoms with E-state index in [4.69, 9.17) is 21.1 Å². The maximum absolute atomic E-state index is 9.37. The third-order valence-electron chi connectivity index (χ3n) is 4.42. The number of anilines is 3. The molecule has 0 spiro atoms. The van der Waals surface area contributed by atoms with Crippen molar-refractivity contribution in [3.63, 3.8) is 0 Å². The Labute approximate surface area is 158 Å². The highest BCUT2D eigenvalue weighted by Crippen LogP contribution is 2.41. The minimum absolute atomic E-state index is 0.0129. The Kier molecular flexibility index (Phi) is 3.96. The van der Waals surface area contributed by atoms with Gasteiger partial charge >= 0.3 is 0 Å². The number of furan rings is 1. The number of guanidine groups is 1. The molecule has 10 nitrogen and oxygen atoms in total. The molecular weight excluding hydrogens is 360 g/mol. The smallest absolute Gasteiger partial charge is 0.211 e. The molecule has 1 atom stereocenters. The lowest BCUT2D eigenvalue weighted by atomic mass is 9.94. The molecule has 0 radical (unpaired) electrons. The Morgan fingerprint density at radius 3 is 2.82 bits per heavy atom. The normalized spacial score (nSPS) is 15.1. The number of nitriles is 2. The van der Waals surface area contributed by atoms with Crippen molar-refractivity contribution in [2.24, 2.45) is 4.99 Å². The Hall–Kier alpha value is -4.28. The number of rotatable bonds is 2. The summed E-state index contributed by atoms with van der Waals surface area (Å²) in [6.07, 6.45) is 1.80. The van der Waals surface area contributed by atoms with Crippen LogP contribution in [-0.4, -0.2) is 16.1 Å². The lowest BCUT2D eigenvalue weighted by Crippen LogP contribution is -2.32. The number of pyridine rings is 1. The number of aliphatic hydroxyl groups excluding tert-OH is 1. The van der Waals surface area contributed by atoms with Gasteiger partial charge in [-0.2, -0.15) is 10.5 Å². The molecule has 0 saturated heterocycles. The number of nitrogens with two attached hydrogens (primary N) is 2. The van der Waals surface area contributed by atoms with Crippen LogP contribution in [-0.2, 0) is 6.61 Å². The van der Waals surface area contributed by atoms with Crippen molar-refractivity contribution in [1.82, 2.24) is 10.3 Å². The number of nitrogens with one attached hydrogen (secondary N) is 2. The fraction of sp³-hybridized carbons (Fsp3) is 0.111. The van der Waals surface area contributed by atoms with Crippen molar-refractivity contribution in [3.05, 3.63) is 46.7 Å². The molecule has 3 heterocycles. The summed E-state index contributed by atoms with van der Waals surface area (Å²) in [6, 6.07) is 8.44. The third-order valence-corrected chi connectivity index (χ3v) is 4.42. The van der Waals surface area contributed by atoms with Gasteiger partial charge in [-0.3, -0.25) is 5.32 Å². The summed E-state index contributed by atoms with van der Waals surface area (Å²) in [7, 11) is 0. The zero-order valence-electron chi connectivity index (χ0n) is 14.4. The van der Waals surface area contributed by atoms with Crippen LogP contribution >= 0.6 is 0 Å². The second kappa shape index (κ2) is 6.46. The van der Waals surface area contributed by atoms with E-state index in [9.17, 15) is 10.4 Å². The molecule has 0 bridgehead atoms. The molecule has 0 amide bonds. The molecular formula is C18H14N8O2. The summed E-state index contributed by atoms with van der Waals surface area (Å²) in [4.78, 5) is 8.72. The van der Waals surface area contributed by atoms with E-state index >= 15 is 0 Å². The van der Waals surface area contributed by atoms with Gasteiger partial charge in [-0.1, -0.05) is 6.07 Å². The summed E-state index contributed by atoms with van der Waals surface area (Å²) in [5, 5.41) is 33.7. The Morgan fingerprint density at radius 2 is 2.11 bits per heavy atom. The first-order chi connectivity index (χ1) is 13.5. The third kappa shape index (κ3) is 2.61. The predicted molar refractivity (Wildman–Crippen MR) is 102 cm³/mol. The Morgan fingerprint density at radius 1 is 1.29 bits per heavy atom. The van der Waals surface area contributed by atoms with Crippen LogP contribution in [0.3, 0.4) is 0 Å². The van der Waals surface area contributed by atoms with Crippen LogP contribution in [0.15, 0.2) is 33.7 Å². The number of hydrogen-bond acceptors (Lipinski definition) is 10. The molecule has 28 heavy (non-hydrogen) atoms. The van der Waals surface area contributed by atoms with E-state index in [-0.39, 0.29) is 29.6 Å². The van der Waals surface area contributed by atoms with Gasteiger partial charge in [0.05, 0.1) is 5.69 Å². The van der Waals surface area contributed by atoms with Crippen LogP contribution in [0.1, 0.15) is 28.5 Å². The average Bonchev–Trinajstić information content (AvgIpc) is 3.10. The summed E-state index contributed by atoms with van der Waals surface area (Å²) >= 11 is 0. The van der Waals surface area contributed by atoms with E-state index in [1.54, 1.807) is 24.4 Å². The highest BCUT2D eigenvalue weighted by molar-refractivity contribution is 5.98. The number of aromatic nitrogens is 1. The highest BCUT2D eigenvalue weighted by Gasteiger charge is 2.29. The number of nitrogens with zero attached hydrogens (tertiary/aromatic N) is 4. The lowest BCUT2D eigenvalue weighted by Gasteiger charge is -2.26.